The number of sulfonamides is 1. The van der Waals surface area contributed by atoms with E-state index in [1.165, 1.54) is 16.1 Å². The van der Waals surface area contributed by atoms with Crippen LogP contribution in [0.5, 0.6) is 0 Å². The minimum atomic E-state index is -3.05. The lowest BCUT2D eigenvalue weighted by molar-refractivity contribution is 0.197. The van der Waals surface area contributed by atoms with Gasteiger partial charge in [-0.2, -0.15) is 0 Å². The van der Waals surface area contributed by atoms with E-state index in [0.29, 0.717) is 19.0 Å². The molecule has 1 saturated heterocycles. The Morgan fingerprint density at radius 3 is 2.90 bits per heavy atom. The Hall–Kier alpha value is -0.500. The van der Waals surface area contributed by atoms with Gasteiger partial charge < -0.3 is 4.90 Å². The molecule has 1 aliphatic heterocycles. The molecule has 120 valence electrons. The number of hydrogen-bond donors (Lipinski definition) is 0. The molecule has 2 heterocycles. The summed E-state index contributed by atoms with van der Waals surface area (Å²) in [4.78, 5) is 7.95. The van der Waals surface area contributed by atoms with Crippen molar-refractivity contribution >= 4 is 21.4 Å². The first-order chi connectivity index (χ1) is 9.88. The second-order valence-electron chi connectivity index (χ2n) is 5.90. The molecular weight excluding hydrogens is 306 g/mol. The molecule has 1 fully saturated rings. The largest absolute Gasteiger partial charge is 0.301 e. The zero-order valence-electron chi connectivity index (χ0n) is 13.1. The highest BCUT2D eigenvalue weighted by atomic mass is 32.2. The van der Waals surface area contributed by atoms with Crippen LogP contribution < -0.4 is 0 Å². The fourth-order valence-electron chi connectivity index (χ4n) is 2.83. The van der Waals surface area contributed by atoms with Crippen LogP contribution in [0.3, 0.4) is 0 Å². The predicted molar refractivity (Wildman–Crippen MR) is 87.0 cm³/mol. The van der Waals surface area contributed by atoms with E-state index in [1.54, 1.807) is 15.6 Å². The summed E-state index contributed by atoms with van der Waals surface area (Å²) in [5, 5.41) is 1.18. The monoisotopic (exact) mass is 331 g/mol. The molecule has 0 bridgehead atoms. The third-order valence-electron chi connectivity index (χ3n) is 3.85. The van der Waals surface area contributed by atoms with Gasteiger partial charge >= 0.3 is 0 Å². The predicted octanol–water partition coefficient (Wildman–Crippen LogP) is 1.81. The van der Waals surface area contributed by atoms with Crippen molar-refractivity contribution in [2.24, 2.45) is 5.92 Å². The van der Waals surface area contributed by atoms with Crippen molar-refractivity contribution in [1.82, 2.24) is 14.2 Å². The van der Waals surface area contributed by atoms with Crippen LogP contribution in [0, 0.1) is 5.92 Å². The minimum absolute atomic E-state index is 0.428. The molecule has 0 aromatic carbocycles. The zero-order valence-corrected chi connectivity index (χ0v) is 14.7. The molecule has 1 aliphatic rings. The lowest BCUT2D eigenvalue weighted by Crippen LogP contribution is -2.42. The van der Waals surface area contributed by atoms with Crippen molar-refractivity contribution in [2.45, 2.75) is 32.7 Å². The maximum Gasteiger partial charge on any atom is 0.211 e. The Bertz CT molecular complexity index is 556. The molecule has 0 spiro atoms. The maximum atomic E-state index is 11.7. The van der Waals surface area contributed by atoms with Crippen LogP contribution in [0.1, 0.15) is 29.7 Å². The number of aryl methyl sites for hydroxylation is 1. The summed E-state index contributed by atoms with van der Waals surface area (Å²) < 4.78 is 24.9. The van der Waals surface area contributed by atoms with Gasteiger partial charge in [-0.1, -0.05) is 6.92 Å². The molecule has 0 radical (unpaired) electrons. The van der Waals surface area contributed by atoms with Crippen molar-refractivity contribution in [1.29, 1.82) is 0 Å². The normalized spacial score (nSPS) is 21.0. The van der Waals surface area contributed by atoms with Crippen LogP contribution in [0.15, 0.2) is 6.20 Å². The fraction of sp³-hybridized carbons (Fsp3) is 0.786. The van der Waals surface area contributed by atoms with Crippen molar-refractivity contribution in [3.63, 3.8) is 0 Å². The topological polar surface area (TPSA) is 53.5 Å². The average Bonchev–Trinajstić information content (AvgIpc) is 2.85. The van der Waals surface area contributed by atoms with Gasteiger partial charge in [-0.15, -0.1) is 11.3 Å². The second-order valence-corrected chi connectivity index (χ2v) is 9.08. The van der Waals surface area contributed by atoms with Crippen LogP contribution >= 0.6 is 11.3 Å². The summed E-state index contributed by atoms with van der Waals surface area (Å²) in [7, 11) is -0.945. The van der Waals surface area contributed by atoms with Crippen molar-refractivity contribution in [3.05, 3.63) is 16.1 Å². The van der Waals surface area contributed by atoms with Crippen molar-refractivity contribution in [3.8, 4) is 0 Å². The van der Waals surface area contributed by atoms with E-state index in [-0.39, 0.29) is 0 Å². The van der Waals surface area contributed by atoms with E-state index in [2.05, 4.69) is 23.9 Å². The molecule has 5 nitrogen and oxygen atoms in total. The highest BCUT2D eigenvalue weighted by Crippen LogP contribution is 2.21. The SMILES string of the molecule is CCc1ncc(CN(C)CC2CCCN(S(C)(=O)=O)C2)s1. The van der Waals surface area contributed by atoms with Crippen LogP contribution in [0.2, 0.25) is 0 Å². The van der Waals surface area contributed by atoms with Crippen LogP contribution in [0.4, 0.5) is 0 Å². The molecule has 1 atom stereocenters. The number of aromatic nitrogens is 1. The van der Waals surface area contributed by atoms with Gasteiger partial charge in [0, 0.05) is 37.3 Å². The summed E-state index contributed by atoms with van der Waals surface area (Å²) in [5.74, 6) is 0.428. The molecule has 0 amide bonds. The van der Waals surface area contributed by atoms with Gasteiger partial charge in [-0.05, 0) is 32.2 Å². The van der Waals surface area contributed by atoms with Crippen LogP contribution in [0.25, 0.3) is 0 Å². The Morgan fingerprint density at radius 2 is 2.29 bits per heavy atom. The standard InChI is InChI=1S/C14H25N3O2S2/c1-4-14-15-8-13(20-14)11-16(2)9-12-6-5-7-17(10-12)21(3,18)19/h8,12H,4-7,9-11H2,1-3H3. The van der Waals surface area contributed by atoms with Gasteiger partial charge in [-0.3, -0.25) is 0 Å². The van der Waals surface area contributed by atoms with Gasteiger partial charge in [0.1, 0.15) is 0 Å². The second kappa shape index (κ2) is 7.17. The van der Waals surface area contributed by atoms with Gasteiger partial charge in [0.25, 0.3) is 0 Å². The average molecular weight is 332 g/mol. The molecule has 1 unspecified atom stereocenters. The van der Waals surface area contributed by atoms with E-state index in [4.69, 9.17) is 0 Å². The van der Waals surface area contributed by atoms with Gasteiger partial charge in [0.05, 0.1) is 11.3 Å². The van der Waals surface area contributed by atoms with Crippen LogP contribution in [-0.4, -0.2) is 55.5 Å². The molecule has 0 aliphatic carbocycles. The number of hydrogen-bond acceptors (Lipinski definition) is 5. The Kier molecular flexibility index (Phi) is 5.76. The lowest BCUT2D eigenvalue weighted by Gasteiger charge is -2.33. The Morgan fingerprint density at radius 1 is 1.52 bits per heavy atom. The summed E-state index contributed by atoms with van der Waals surface area (Å²) >= 11 is 1.77. The first-order valence-electron chi connectivity index (χ1n) is 7.45. The fourth-order valence-corrected chi connectivity index (χ4v) is 4.72. The summed E-state index contributed by atoms with van der Waals surface area (Å²) in [6, 6.07) is 0. The van der Waals surface area contributed by atoms with Crippen molar-refractivity contribution in [2.75, 3.05) is 32.9 Å². The molecule has 0 saturated carbocycles. The molecule has 0 N–H and O–H groups in total. The number of thiazole rings is 1. The smallest absolute Gasteiger partial charge is 0.211 e. The third-order valence-corrected chi connectivity index (χ3v) is 6.25. The van der Waals surface area contributed by atoms with Crippen molar-refractivity contribution < 1.29 is 8.42 Å². The van der Waals surface area contributed by atoms with Gasteiger partial charge in [0.15, 0.2) is 0 Å². The number of piperidine rings is 1. The highest BCUT2D eigenvalue weighted by molar-refractivity contribution is 7.88. The van der Waals surface area contributed by atoms with Crippen LogP contribution in [-0.2, 0) is 23.0 Å². The van der Waals surface area contributed by atoms with E-state index < -0.39 is 10.0 Å². The summed E-state index contributed by atoms with van der Waals surface area (Å²) in [6.45, 7) is 5.28. The van der Waals surface area contributed by atoms with Gasteiger partial charge in [0.2, 0.25) is 10.0 Å². The van der Waals surface area contributed by atoms with Gasteiger partial charge in [-0.25, -0.2) is 17.7 Å². The molecular formula is C14H25N3O2S2. The molecule has 7 heteroatoms. The maximum absolute atomic E-state index is 11.7. The zero-order chi connectivity index (χ0) is 15.5. The Labute approximate surface area is 132 Å². The van der Waals surface area contributed by atoms with E-state index in [9.17, 15) is 8.42 Å². The number of rotatable bonds is 6. The Balaban J connectivity index is 1.85. The summed E-state index contributed by atoms with van der Waals surface area (Å²) in [6.07, 6.45) is 6.33. The summed E-state index contributed by atoms with van der Waals surface area (Å²) in [5.41, 5.74) is 0. The van der Waals surface area contributed by atoms with E-state index in [1.807, 2.05) is 6.20 Å². The number of nitrogens with zero attached hydrogens (tertiary/aromatic N) is 3. The van der Waals surface area contributed by atoms with E-state index in [0.717, 1.165) is 32.4 Å². The first kappa shape index (κ1) is 16.9. The molecule has 2 rings (SSSR count). The lowest BCUT2D eigenvalue weighted by atomic mass is 9.99. The molecule has 21 heavy (non-hydrogen) atoms. The molecule has 1 aromatic heterocycles. The molecule has 1 aromatic rings. The minimum Gasteiger partial charge on any atom is -0.301 e. The third kappa shape index (κ3) is 5.02. The highest BCUT2D eigenvalue weighted by Gasteiger charge is 2.26. The van der Waals surface area contributed by atoms with E-state index >= 15 is 0 Å². The quantitative estimate of drug-likeness (QED) is 0.798. The first-order valence-corrected chi connectivity index (χ1v) is 10.1.